The molecule has 0 saturated carbocycles. The summed E-state index contributed by atoms with van der Waals surface area (Å²) < 4.78 is 10.8. The first-order valence-corrected chi connectivity index (χ1v) is 7.42. The van der Waals surface area contributed by atoms with Crippen LogP contribution in [0, 0.1) is 0 Å². The predicted molar refractivity (Wildman–Crippen MR) is 82.3 cm³/mol. The molecule has 1 aliphatic rings. The lowest BCUT2D eigenvalue weighted by atomic mass is 9.91. The van der Waals surface area contributed by atoms with Gasteiger partial charge in [-0.3, -0.25) is 0 Å². The lowest BCUT2D eigenvalue weighted by Crippen LogP contribution is -2.15. The highest BCUT2D eigenvalue weighted by Gasteiger charge is 2.17. The molecule has 1 aromatic carbocycles. The van der Waals surface area contributed by atoms with Crippen LogP contribution in [0.25, 0.3) is 0 Å². The number of nitrogens with two attached hydrogens (primary N) is 1. The Labute approximate surface area is 121 Å². The molecule has 0 aliphatic heterocycles. The monoisotopic (exact) mass is 275 g/mol. The van der Waals surface area contributed by atoms with Crippen molar-refractivity contribution in [3.05, 3.63) is 35.4 Å². The molecule has 0 spiro atoms. The Balaban J connectivity index is 2.28. The van der Waals surface area contributed by atoms with Crippen molar-refractivity contribution in [3.8, 4) is 11.5 Å². The van der Waals surface area contributed by atoms with Crippen LogP contribution < -0.4 is 15.2 Å². The van der Waals surface area contributed by atoms with E-state index in [1.165, 1.54) is 31.3 Å². The van der Waals surface area contributed by atoms with Crippen molar-refractivity contribution < 1.29 is 9.47 Å². The van der Waals surface area contributed by atoms with Crippen LogP contribution in [0.3, 0.4) is 0 Å². The fourth-order valence-corrected chi connectivity index (χ4v) is 2.78. The van der Waals surface area contributed by atoms with Gasteiger partial charge in [0.05, 0.1) is 20.3 Å². The Morgan fingerprint density at radius 2 is 1.85 bits per heavy atom. The minimum absolute atomic E-state index is 0.0989. The average Bonchev–Trinajstić information content (AvgIpc) is 2.45. The summed E-state index contributed by atoms with van der Waals surface area (Å²) >= 11 is 0. The zero-order valence-corrected chi connectivity index (χ0v) is 12.5. The molecule has 0 saturated heterocycles. The molecule has 0 aromatic heterocycles. The number of hydrogen-bond acceptors (Lipinski definition) is 3. The van der Waals surface area contributed by atoms with Gasteiger partial charge in [0.15, 0.2) is 0 Å². The van der Waals surface area contributed by atoms with Gasteiger partial charge in [0.1, 0.15) is 11.5 Å². The Bertz CT molecular complexity index is 468. The molecular formula is C17H25NO2. The van der Waals surface area contributed by atoms with Gasteiger partial charge in [-0.15, -0.1) is 0 Å². The van der Waals surface area contributed by atoms with Crippen molar-refractivity contribution in [3.63, 3.8) is 0 Å². The lowest BCUT2D eigenvalue weighted by molar-refractivity contribution is 0.396. The van der Waals surface area contributed by atoms with E-state index >= 15 is 0 Å². The third kappa shape index (κ3) is 3.54. The largest absolute Gasteiger partial charge is 0.497 e. The van der Waals surface area contributed by atoms with E-state index in [4.69, 9.17) is 15.2 Å². The van der Waals surface area contributed by atoms with Crippen molar-refractivity contribution in [2.24, 2.45) is 5.73 Å². The topological polar surface area (TPSA) is 44.5 Å². The second kappa shape index (κ2) is 7.34. The van der Waals surface area contributed by atoms with Crippen LogP contribution in [0.5, 0.6) is 11.5 Å². The van der Waals surface area contributed by atoms with Crippen molar-refractivity contribution in [2.75, 3.05) is 14.2 Å². The van der Waals surface area contributed by atoms with E-state index in [0.29, 0.717) is 0 Å². The summed E-state index contributed by atoms with van der Waals surface area (Å²) in [6.45, 7) is 0. The van der Waals surface area contributed by atoms with E-state index in [1.807, 2.05) is 18.2 Å². The highest BCUT2D eigenvalue weighted by molar-refractivity contribution is 5.45. The molecule has 0 fully saturated rings. The van der Waals surface area contributed by atoms with E-state index in [2.05, 4.69) is 6.08 Å². The Morgan fingerprint density at radius 1 is 1.05 bits per heavy atom. The van der Waals surface area contributed by atoms with Crippen LogP contribution in [-0.2, 0) is 0 Å². The summed E-state index contributed by atoms with van der Waals surface area (Å²) in [6, 6.07) is 5.72. The number of benzene rings is 1. The van der Waals surface area contributed by atoms with E-state index in [-0.39, 0.29) is 6.04 Å². The Kier molecular flexibility index (Phi) is 5.48. The van der Waals surface area contributed by atoms with E-state index in [9.17, 15) is 0 Å². The van der Waals surface area contributed by atoms with Gasteiger partial charge in [0.25, 0.3) is 0 Å². The number of ether oxygens (including phenoxy) is 2. The van der Waals surface area contributed by atoms with Crippen LogP contribution in [0.2, 0.25) is 0 Å². The van der Waals surface area contributed by atoms with Gasteiger partial charge in [-0.1, -0.05) is 24.5 Å². The van der Waals surface area contributed by atoms with Crippen LogP contribution in [0.1, 0.15) is 50.1 Å². The average molecular weight is 275 g/mol. The third-order valence-corrected chi connectivity index (χ3v) is 4.00. The Hall–Kier alpha value is -1.48. The first-order chi connectivity index (χ1) is 9.76. The summed E-state index contributed by atoms with van der Waals surface area (Å²) in [5, 5.41) is 0. The maximum atomic E-state index is 6.49. The maximum absolute atomic E-state index is 6.49. The van der Waals surface area contributed by atoms with Gasteiger partial charge in [0, 0.05) is 5.56 Å². The molecule has 3 heteroatoms. The summed E-state index contributed by atoms with van der Waals surface area (Å²) in [6.07, 6.45) is 9.68. The summed E-state index contributed by atoms with van der Waals surface area (Å²) in [5.74, 6) is 1.66. The lowest BCUT2D eigenvalue weighted by Gasteiger charge is -2.21. The second-order valence-corrected chi connectivity index (χ2v) is 5.32. The molecule has 0 bridgehead atoms. The molecule has 110 valence electrons. The van der Waals surface area contributed by atoms with Gasteiger partial charge >= 0.3 is 0 Å². The molecule has 2 rings (SSSR count). The number of methoxy groups -OCH3 is 2. The van der Waals surface area contributed by atoms with Gasteiger partial charge in [0.2, 0.25) is 0 Å². The fraction of sp³-hybridized carbons (Fsp3) is 0.529. The molecule has 1 aliphatic carbocycles. The minimum atomic E-state index is -0.0989. The van der Waals surface area contributed by atoms with Crippen LogP contribution in [-0.4, -0.2) is 14.2 Å². The van der Waals surface area contributed by atoms with Crippen molar-refractivity contribution in [2.45, 2.75) is 44.6 Å². The molecule has 0 heterocycles. The van der Waals surface area contributed by atoms with Crippen molar-refractivity contribution in [1.29, 1.82) is 0 Å². The summed E-state index contributed by atoms with van der Waals surface area (Å²) in [7, 11) is 3.36. The smallest absolute Gasteiger partial charge is 0.124 e. The van der Waals surface area contributed by atoms with Gasteiger partial charge < -0.3 is 15.2 Å². The first-order valence-electron chi connectivity index (χ1n) is 7.42. The van der Waals surface area contributed by atoms with Crippen LogP contribution in [0.15, 0.2) is 29.8 Å². The van der Waals surface area contributed by atoms with Gasteiger partial charge in [-0.05, 0) is 43.9 Å². The molecule has 1 atom stereocenters. The fourth-order valence-electron chi connectivity index (χ4n) is 2.78. The molecule has 1 aromatic rings. The predicted octanol–water partition coefficient (Wildman–Crippen LogP) is 3.98. The molecule has 20 heavy (non-hydrogen) atoms. The highest BCUT2D eigenvalue weighted by Crippen LogP contribution is 2.34. The highest BCUT2D eigenvalue weighted by atomic mass is 16.5. The molecule has 0 amide bonds. The van der Waals surface area contributed by atoms with Crippen LogP contribution >= 0.6 is 0 Å². The summed E-state index contributed by atoms with van der Waals surface area (Å²) in [4.78, 5) is 0. The molecule has 1 unspecified atom stereocenters. The second-order valence-electron chi connectivity index (χ2n) is 5.32. The van der Waals surface area contributed by atoms with Crippen molar-refractivity contribution >= 4 is 0 Å². The van der Waals surface area contributed by atoms with Gasteiger partial charge in [-0.2, -0.15) is 0 Å². The van der Waals surface area contributed by atoms with Gasteiger partial charge in [-0.25, -0.2) is 0 Å². The normalized spacial score (nSPS) is 20.2. The summed E-state index contributed by atoms with van der Waals surface area (Å²) in [5.41, 5.74) is 8.83. The zero-order chi connectivity index (χ0) is 14.4. The van der Waals surface area contributed by atoms with Crippen LogP contribution in [0.4, 0.5) is 0 Å². The minimum Gasteiger partial charge on any atom is -0.497 e. The number of rotatable bonds is 4. The molecule has 2 N–H and O–H groups in total. The third-order valence-electron chi connectivity index (χ3n) is 4.00. The van der Waals surface area contributed by atoms with Crippen molar-refractivity contribution in [1.82, 2.24) is 0 Å². The first kappa shape index (κ1) is 14.9. The van der Waals surface area contributed by atoms with E-state index in [0.717, 1.165) is 29.9 Å². The number of allylic oxidation sites excluding steroid dienone is 1. The molecule has 3 nitrogen and oxygen atoms in total. The van der Waals surface area contributed by atoms with E-state index < -0.39 is 0 Å². The molecule has 0 radical (unpaired) electrons. The standard InChI is InChI=1S/C17H25NO2/c1-19-14-10-11-16(20-2)15(12-14)17(18)13-8-6-4-3-5-7-9-13/h8,10-12,17H,3-7,9,18H2,1-2H3/b13-8+. The van der Waals surface area contributed by atoms with E-state index in [1.54, 1.807) is 14.2 Å². The maximum Gasteiger partial charge on any atom is 0.124 e. The number of hydrogen-bond donors (Lipinski definition) is 1. The molecular weight excluding hydrogens is 250 g/mol. The quantitative estimate of drug-likeness (QED) is 0.845. The Morgan fingerprint density at radius 3 is 2.60 bits per heavy atom. The SMILES string of the molecule is COc1ccc(OC)c(C(N)/C2=C/CCCCCC2)c1. The zero-order valence-electron chi connectivity index (χ0n) is 12.5.